The minimum atomic E-state index is -0.923. The minimum absolute atomic E-state index is 0.297. The molecule has 2 N–H and O–H groups in total. The first-order valence-corrected chi connectivity index (χ1v) is 6.89. The lowest BCUT2D eigenvalue weighted by Gasteiger charge is -2.08. The van der Waals surface area contributed by atoms with Gasteiger partial charge in [-0.1, -0.05) is 17.7 Å². The number of benzene rings is 2. The van der Waals surface area contributed by atoms with Crippen molar-refractivity contribution >= 4 is 23.2 Å². The molecule has 0 aliphatic carbocycles. The fourth-order valence-corrected chi connectivity index (χ4v) is 1.98. The highest BCUT2D eigenvalue weighted by atomic mass is 16.6. The second-order valence-electron chi connectivity index (χ2n) is 5.03. The van der Waals surface area contributed by atoms with Gasteiger partial charge >= 0.3 is 0 Å². The molecule has 2 amide bonds. The first kappa shape index (κ1) is 17.5. The molecule has 0 bridgehead atoms. The van der Waals surface area contributed by atoms with Gasteiger partial charge in [0.05, 0.1) is 21.5 Å². The number of nitro groups is 2. The summed E-state index contributed by atoms with van der Waals surface area (Å²) in [5.41, 5.74) is 3.80. The highest BCUT2D eigenvalue weighted by Gasteiger charge is 2.20. The number of nitrogens with zero attached hydrogens (tertiary/aromatic N) is 2. The van der Waals surface area contributed by atoms with Crippen molar-refractivity contribution in [3.8, 4) is 0 Å². The molecule has 10 nitrogen and oxygen atoms in total. The Morgan fingerprint density at radius 1 is 0.840 bits per heavy atom. The quantitative estimate of drug-likeness (QED) is 0.640. The Labute approximate surface area is 140 Å². The number of nitrogens with one attached hydrogen (secondary N) is 2. The molecule has 0 aliphatic rings. The fraction of sp³-hybridized carbons (Fsp3) is 0.0667. The largest absolute Gasteiger partial charge is 0.277 e. The molecule has 2 aromatic rings. The Balaban J connectivity index is 2.16. The molecular formula is C15H12N4O6. The zero-order valence-electron chi connectivity index (χ0n) is 12.9. The van der Waals surface area contributed by atoms with Gasteiger partial charge in [-0.05, 0) is 19.1 Å². The van der Waals surface area contributed by atoms with E-state index in [4.69, 9.17) is 0 Å². The second-order valence-corrected chi connectivity index (χ2v) is 5.03. The number of nitro benzene ring substituents is 2. The number of non-ortho nitro benzene ring substituents is 2. The molecule has 128 valence electrons. The van der Waals surface area contributed by atoms with E-state index in [1.165, 1.54) is 6.07 Å². The lowest BCUT2D eigenvalue weighted by Crippen LogP contribution is -2.41. The van der Waals surface area contributed by atoms with Crippen molar-refractivity contribution in [2.24, 2.45) is 0 Å². The van der Waals surface area contributed by atoms with E-state index in [-0.39, 0.29) is 5.56 Å². The van der Waals surface area contributed by atoms with Crippen LogP contribution in [0.3, 0.4) is 0 Å². The molecule has 0 fully saturated rings. The Hall–Kier alpha value is -3.82. The number of aryl methyl sites for hydroxylation is 1. The van der Waals surface area contributed by atoms with Crippen molar-refractivity contribution in [1.29, 1.82) is 0 Å². The Morgan fingerprint density at radius 3 is 1.84 bits per heavy atom. The Morgan fingerprint density at radius 2 is 1.36 bits per heavy atom. The molecule has 2 rings (SSSR count). The van der Waals surface area contributed by atoms with Crippen molar-refractivity contribution in [3.05, 3.63) is 79.4 Å². The molecule has 2 aromatic carbocycles. The van der Waals surface area contributed by atoms with Gasteiger partial charge in [0.1, 0.15) is 0 Å². The maximum atomic E-state index is 12.0. The average molecular weight is 344 g/mol. The van der Waals surface area contributed by atoms with E-state index in [1.807, 2.05) is 0 Å². The van der Waals surface area contributed by atoms with Crippen molar-refractivity contribution in [1.82, 2.24) is 10.9 Å². The third-order valence-corrected chi connectivity index (χ3v) is 3.16. The Bertz CT molecular complexity index is 848. The lowest BCUT2D eigenvalue weighted by atomic mass is 10.1. The predicted molar refractivity (Wildman–Crippen MR) is 85.9 cm³/mol. The van der Waals surface area contributed by atoms with Crippen LogP contribution in [-0.4, -0.2) is 21.7 Å². The summed E-state index contributed by atoms with van der Waals surface area (Å²) in [6, 6.07) is 9.07. The van der Waals surface area contributed by atoms with E-state index in [0.717, 1.165) is 23.8 Å². The van der Waals surface area contributed by atoms with E-state index in [2.05, 4.69) is 10.9 Å². The Kier molecular flexibility index (Phi) is 5.03. The summed E-state index contributed by atoms with van der Waals surface area (Å²) in [6.07, 6.45) is 0. The van der Waals surface area contributed by atoms with Crippen LogP contribution in [0.2, 0.25) is 0 Å². The fourth-order valence-electron chi connectivity index (χ4n) is 1.98. The van der Waals surface area contributed by atoms with Gasteiger partial charge in [-0.25, -0.2) is 0 Å². The molecule has 0 aromatic heterocycles. The van der Waals surface area contributed by atoms with Crippen LogP contribution in [0.1, 0.15) is 26.3 Å². The molecule has 0 aliphatic heterocycles. The van der Waals surface area contributed by atoms with Crippen LogP contribution in [0.4, 0.5) is 11.4 Å². The van der Waals surface area contributed by atoms with Crippen molar-refractivity contribution in [3.63, 3.8) is 0 Å². The number of amides is 2. The SMILES string of the molecule is Cc1cccc(C(=O)NNC(=O)c2cc([N+](=O)[O-])cc([N+](=O)[O-])c2)c1. The maximum Gasteiger partial charge on any atom is 0.277 e. The van der Waals surface area contributed by atoms with Crippen LogP contribution in [0, 0.1) is 27.2 Å². The summed E-state index contributed by atoms with van der Waals surface area (Å²) in [6.45, 7) is 1.79. The average Bonchev–Trinajstić information content (AvgIpc) is 2.58. The normalized spacial score (nSPS) is 9.96. The lowest BCUT2D eigenvalue weighted by molar-refractivity contribution is -0.394. The molecule has 0 saturated heterocycles. The monoisotopic (exact) mass is 344 g/mol. The zero-order chi connectivity index (χ0) is 18.6. The summed E-state index contributed by atoms with van der Waals surface area (Å²) >= 11 is 0. The van der Waals surface area contributed by atoms with E-state index in [9.17, 15) is 29.8 Å². The van der Waals surface area contributed by atoms with Crippen molar-refractivity contribution in [2.45, 2.75) is 6.92 Å². The highest BCUT2D eigenvalue weighted by Crippen LogP contribution is 2.22. The molecule has 0 saturated carbocycles. The van der Waals surface area contributed by atoms with E-state index in [0.29, 0.717) is 5.56 Å². The van der Waals surface area contributed by atoms with Crippen LogP contribution in [0.15, 0.2) is 42.5 Å². The summed E-state index contributed by atoms with van der Waals surface area (Å²) in [7, 11) is 0. The van der Waals surface area contributed by atoms with Crippen LogP contribution in [0.25, 0.3) is 0 Å². The summed E-state index contributed by atoms with van der Waals surface area (Å²) in [4.78, 5) is 43.9. The molecule has 0 spiro atoms. The van der Waals surface area contributed by atoms with Gasteiger partial charge in [-0.15, -0.1) is 0 Å². The van der Waals surface area contributed by atoms with Crippen molar-refractivity contribution < 1.29 is 19.4 Å². The zero-order valence-corrected chi connectivity index (χ0v) is 12.9. The van der Waals surface area contributed by atoms with E-state index >= 15 is 0 Å². The van der Waals surface area contributed by atoms with Gasteiger partial charge in [0.2, 0.25) is 0 Å². The molecule has 0 unspecified atom stereocenters. The van der Waals surface area contributed by atoms with Crippen LogP contribution in [-0.2, 0) is 0 Å². The van der Waals surface area contributed by atoms with Crippen LogP contribution >= 0.6 is 0 Å². The van der Waals surface area contributed by atoms with E-state index < -0.39 is 33.0 Å². The minimum Gasteiger partial charge on any atom is -0.267 e. The molecule has 10 heteroatoms. The van der Waals surface area contributed by atoms with Crippen LogP contribution in [0.5, 0.6) is 0 Å². The van der Waals surface area contributed by atoms with Gasteiger partial charge < -0.3 is 0 Å². The standard InChI is InChI=1S/C15H12N4O6/c1-9-3-2-4-10(5-9)14(20)16-17-15(21)11-6-12(18(22)23)8-13(7-11)19(24)25/h2-8H,1H3,(H,16,20)(H,17,21). The van der Waals surface area contributed by atoms with E-state index in [1.54, 1.807) is 25.1 Å². The van der Waals surface area contributed by atoms with Crippen LogP contribution < -0.4 is 10.9 Å². The van der Waals surface area contributed by atoms with Gasteiger partial charge in [0.15, 0.2) is 0 Å². The number of hydrogen-bond donors (Lipinski definition) is 2. The second kappa shape index (κ2) is 7.17. The predicted octanol–water partition coefficient (Wildman–Crippen LogP) is 1.89. The number of hydrogen-bond acceptors (Lipinski definition) is 6. The van der Waals surface area contributed by atoms with Gasteiger partial charge in [-0.3, -0.25) is 40.7 Å². The highest BCUT2D eigenvalue weighted by molar-refractivity contribution is 5.99. The summed E-state index contributed by atoms with van der Waals surface area (Å²) in [5, 5.41) is 21.6. The van der Waals surface area contributed by atoms with Gasteiger partial charge in [0.25, 0.3) is 23.2 Å². The number of rotatable bonds is 4. The third kappa shape index (κ3) is 4.34. The smallest absolute Gasteiger partial charge is 0.267 e. The number of carbonyl (C=O) groups excluding carboxylic acids is 2. The first-order valence-electron chi connectivity index (χ1n) is 6.89. The topological polar surface area (TPSA) is 144 Å². The number of hydrazine groups is 1. The molecule has 25 heavy (non-hydrogen) atoms. The van der Waals surface area contributed by atoms with Gasteiger partial charge in [0, 0.05) is 17.7 Å². The first-order chi connectivity index (χ1) is 11.8. The summed E-state index contributed by atoms with van der Waals surface area (Å²) in [5.74, 6) is -1.52. The molecular weight excluding hydrogens is 332 g/mol. The molecule has 0 heterocycles. The van der Waals surface area contributed by atoms with Crippen molar-refractivity contribution in [2.75, 3.05) is 0 Å². The molecule has 0 radical (unpaired) electrons. The summed E-state index contributed by atoms with van der Waals surface area (Å²) < 4.78 is 0. The molecule has 0 atom stereocenters. The third-order valence-electron chi connectivity index (χ3n) is 3.16. The maximum absolute atomic E-state index is 12.0. The van der Waals surface area contributed by atoms with Gasteiger partial charge in [-0.2, -0.15) is 0 Å². The number of carbonyl (C=O) groups is 2.